The quantitative estimate of drug-likeness (QED) is 0.790. The van der Waals surface area contributed by atoms with E-state index >= 15 is 0 Å². The molecule has 0 bridgehead atoms. The second-order valence-corrected chi connectivity index (χ2v) is 5.05. The molecule has 2 aromatic rings. The Morgan fingerprint density at radius 2 is 2.05 bits per heavy atom. The Labute approximate surface area is 112 Å². The zero-order chi connectivity index (χ0) is 13.2. The number of ether oxygens (including phenoxy) is 1. The highest BCUT2D eigenvalue weighted by molar-refractivity contribution is 5.78. The summed E-state index contributed by atoms with van der Waals surface area (Å²) in [5.74, 6) is 0.414. The molecule has 0 saturated heterocycles. The third-order valence-corrected chi connectivity index (χ3v) is 3.80. The first kappa shape index (κ1) is 12.2. The molecular formula is C16H17NO2. The summed E-state index contributed by atoms with van der Waals surface area (Å²) >= 11 is 0. The van der Waals surface area contributed by atoms with Gasteiger partial charge in [0.15, 0.2) is 0 Å². The van der Waals surface area contributed by atoms with Gasteiger partial charge in [-0.25, -0.2) is 0 Å². The molecule has 0 amide bonds. The number of carbonyl (C=O) groups excluding carboxylic acids is 1. The molecule has 1 aliphatic rings. The predicted molar refractivity (Wildman–Crippen MR) is 73.8 cm³/mol. The molecule has 19 heavy (non-hydrogen) atoms. The Bertz CT molecular complexity index is 602. The van der Waals surface area contributed by atoms with Crippen LogP contribution in [0.25, 0.3) is 10.9 Å². The highest BCUT2D eigenvalue weighted by Crippen LogP contribution is 2.41. The number of para-hydroxylation sites is 1. The number of pyridine rings is 1. The number of hydrogen-bond acceptors (Lipinski definition) is 3. The average Bonchev–Trinajstić information content (AvgIpc) is 2.37. The van der Waals surface area contributed by atoms with Gasteiger partial charge in [0.2, 0.25) is 0 Å². The molecule has 98 valence electrons. The van der Waals surface area contributed by atoms with E-state index in [9.17, 15) is 4.79 Å². The van der Waals surface area contributed by atoms with Gasteiger partial charge in [-0.15, -0.1) is 0 Å². The van der Waals surface area contributed by atoms with E-state index in [1.54, 1.807) is 0 Å². The smallest absolute Gasteiger partial charge is 0.308 e. The van der Waals surface area contributed by atoms with Gasteiger partial charge in [0.25, 0.3) is 0 Å². The number of nitrogens with zero attached hydrogens (tertiary/aromatic N) is 1. The van der Waals surface area contributed by atoms with E-state index < -0.39 is 0 Å². The van der Waals surface area contributed by atoms with Crippen LogP contribution in [0.2, 0.25) is 0 Å². The minimum absolute atomic E-state index is 0.0560. The molecule has 0 spiro atoms. The highest BCUT2D eigenvalue weighted by Gasteiger charge is 2.37. The summed E-state index contributed by atoms with van der Waals surface area (Å²) in [5, 5.41) is 1.16. The fourth-order valence-corrected chi connectivity index (χ4v) is 2.62. The Balaban J connectivity index is 1.71. The predicted octanol–water partition coefficient (Wildman–Crippen LogP) is 3.29. The summed E-state index contributed by atoms with van der Waals surface area (Å²) in [7, 11) is 0. The fraction of sp³-hybridized carbons (Fsp3) is 0.375. The maximum Gasteiger partial charge on any atom is 0.308 e. The largest absolute Gasteiger partial charge is 0.466 e. The van der Waals surface area contributed by atoms with Gasteiger partial charge >= 0.3 is 5.97 Å². The first-order valence-electron chi connectivity index (χ1n) is 6.80. The molecule has 1 saturated carbocycles. The number of rotatable bonds is 3. The van der Waals surface area contributed by atoms with Crippen LogP contribution in [0.15, 0.2) is 36.4 Å². The molecule has 3 heteroatoms. The lowest BCUT2D eigenvalue weighted by Crippen LogP contribution is -2.31. The number of carbonyl (C=O) groups is 1. The van der Waals surface area contributed by atoms with E-state index in [1.165, 1.54) is 0 Å². The third kappa shape index (κ3) is 2.33. The minimum atomic E-state index is -0.0560. The maximum absolute atomic E-state index is 11.6. The summed E-state index contributed by atoms with van der Waals surface area (Å²) in [6.07, 6.45) is 1.73. The topological polar surface area (TPSA) is 39.2 Å². The van der Waals surface area contributed by atoms with Crippen molar-refractivity contribution >= 4 is 16.9 Å². The van der Waals surface area contributed by atoms with Crippen molar-refractivity contribution in [3.8, 4) is 0 Å². The molecule has 1 heterocycles. The normalized spacial score (nSPS) is 21.9. The second-order valence-electron chi connectivity index (χ2n) is 5.05. The van der Waals surface area contributed by atoms with Crippen molar-refractivity contribution in [3.63, 3.8) is 0 Å². The van der Waals surface area contributed by atoms with Crippen molar-refractivity contribution in [1.29, 1.82) is 0 Å². The van der Waals surface area contributed by atoms with E-state index in [4.69, 9.17) is 4.74 Å². The average molecular weight is 255 g/mol. The Morgan fingerprint density at radius 3 is 2.84 bits per heavy atom. The van der Waals surface area contributed by atoms with Gasteiger partial charge < -0.3 is 4.74 Å². The van der Waals surface area contributed by atoms with E-state index in [0.29, 0.717) is 12.5 Å². The summed E-state index contributed by atoms with van der Waals surface area (Å²) in [6.45, 7) is 2.31. The molecule has 1 aromatic heterocycles. The first-order valence-corrected chi connectivity index (χ1v) is 6.80. The Kier molecular flexibility index (Phi) is 3.20. The van der Waals surface area contributed by atoms with Crippen molar-refractivity contribution in [2.45, 2.75) is 25.7 Å². The molecule has 0 N–H and O–H groups in total. The number of aromatic nitrogens is 1. The Hall–Kier alpha value is -1.90. The fourth-order valence-electron chi connectivity index (χ4n) is 2.62. The van der Waals surface area contributed by atoms with Gasteiger partial charge in [-0.1, -0.05) is 24.3 Å². The summed E-state index contributed by atoms with van der Waals surface area (Å²) < 4.78 is 5.04. The van der Waals surface area contributed by atoms with Crippen LogP contribution in [-0.4, -0.2) is 17.6 Å². The van der Waals surface area contributed by atoms with Crippen LogP contribution in [0.4, 0.5) is 0 Å². The van der Waals surface area contributed by atoms with Crippen LogP contribution in [0.5, 0.6) is 0 Å². The van der Waals surface area contributed by atoms with Gasteiger partial charge in [-0.3, -0.25) is 9.78 Å². The van der Waals surface area contributed by atoms with Crippen LogP contribution >= 0.6 is 0 Å². The molecule has 0 unspecified atom stereocenters. The van der Waals surface area contributed by atoms with Gasteiger partial charge in [0, 0.05) is 17.0 Å². The van der Waals surface area contributed by atoms with Crippen LogP contribution in [0.3, 0.4) is 0 Å². The monoisotopic (exact) mass is 255 g/mol. The molecule has 1 aliphatic carbocycles. The molecular weight excluding hydrogens is 238 g/mol. The SMILES string of the molecule is CCOC(=O)[C@H]1C[C@H](c2ccc3ccccc3n2)C1. The van der Waals surface area contributed by atoms with E-state index in [-0.39, 0.29) is 11.9 Å². The van der Waals surface area contributed by atoms with Crippen LogP contribution in [0, 0.1) is 5.92 Å². The standard InChI is InChI=1S/C16H17NO2/c1-2-19-16(18)13-9-12(10-13)15-8-7-11-5-3-4-6-14(11)17-15/h3-8,12-13H,2,9-10H2,1H3/t12-,13-. The summed E-state index contributed by atoms with van der Waals surface area (Å²) in [5.41, 5.74) is 2.12. The van der Waals surface area contributed by atoms with E-state index in [1.807, 2.05) is 25.1 Å². The lowest BCUT2D eigenvalue weighted by molar-refractivity contribution is -0.151. The lowest BCUT2D eigenvalue weighted by Gasteiger charge is -2.33. The van der Waals surface area contributed by atoms with Crippen LogP contribution in [0.1, 0.15) is 31.4 Å². The van der Waals surface area contributed by atoms with Crippen molar-refractivity contribution in [3.05, 3.63) is 42.1 Å². The number of hydrogen-bond donors (Lipinski definition) is 0. The minimum Gasteiger partial charge on any atom is -0.466 e. The molecule has 0 atom stereocenters. The first-order chi connectivity index (χ1) is 9.28. The number of benzene rings is 1. The second kappa shape index (κ2) is 5.00. The molecule has 1 aromatic carbocycles. The van der Waals surface area contributed by atoms with Crippen molar-refractivity contribution in [1.82, 2.24) is 4.98 Å². The van der Waals surface area contributed by atoms with Crippen molar-refractivity contribution in [2.75, 3.05) is 6.61 Å². The summed E-state index contributed by atoms with van der Waals surface area (Å²) in [4.78, 5) is 16.3. The molecule has 0 aliphatic heterocycles. The van der Waals surface area contributed by atoms with Crippen LogP contribution < -0.4 is 0 Å². The van der Waals surface area contributed by atoms with E-state index in [0.717, 1.165) is 29.4 Å². The maximum atomic E-state index is 11.6. The zero-order valence-electron chi connectivity index (χ0n) is 11.0. The summed E-state index contributed by atoms with van der Waals surface area (Å²) in [6, 6.07) is 12.3. The van der Waals surface area contributed by atoms with Gasteiger partial charge in [-0.2, -0.15) is 0 Å². The van der Waals surface area contributed by atoms with Crippen molar-refractivity contribution < 1.29 is 9.53 Å². The van der Waals surface area contributed by atoms with Crippen molar-refractivity contribution in [2.24, 2.45) is 5.92 Å². The lowest BCUT2D eigenvalue weighted by atomic mass is 9.73. The molecule has 3 nitrogen and oxygen atoms in total. The van der Waals surface area contributed by atoms with Gasteiger partial charge in [0.05, 0.1) is 18.0 Å². The third-order valence-electron chi connectivity index (χ3n) is 3.80. The Morgan fingerprint density at radius 1 is 1.26 bits per heavy atom. The number of fused-ring (bicyclic) bond motifs is 1. The van der Waals surface area contributed by atoms with Gasteiger partial charge in [-0.05, 0) is 31.9 Å². The highest BCUT2D eigenvalue weighted by atomic mass is 16.5. The number of esters is 1. The van der Waals surface area contributed by atoms with Crippen LogP contribution in [-0.2, 0) is 9.53 Å². The molecule has 0 radical (unpaired) electrons. The van der Waals surface area contributed by atoms with E-state index in [2.05, 4.69) is 23.2 Å². The molecule has 3 rings (SSSR count). The molecule has 1 fully saturated rings. The van der Waals surface area contributed by atoms with Gasteiger partial charge in [0.1, 0.15) is 0 Å². The zero-order valence-corrected chi connectivity index (χ0v) is 11.0.